The molecule has 0 spiro atoms. The molecule has 0 aliphatic rings. The molecule has 3 rings (SSSR count). The Morgan fingerprint density at radius 3 is 2.62 bits per heavy atom. The van der Waals surface area contributed by atoms with Gasteiger partial charge in [0.25, 0.3) is 0 Å². The zero-order chi connectivity index (χ0) is 15.2. The van der Waals surface area contributed by atoms with E-state index in [1.165, 1.54) is 18.2 Å². The molecule has 0 radical (unpaired) electrons. The van der Waals surface area contributed by atoms with Gasteiger partial charge in [-0.2, -0.15) is 0 Å². The lowest BCUT2D eigenvalue weighted by molar-refractivity contribution is 0.602. The van der Waals surface area contributed by atoms with Crippen molar-refractivity contribution in [3.63, 3.8) is 0 Å². The van der Waals surface area contributed by atoms with Crippen molar-refractivity contribution < 1.29 is 12.8 Å². The molecule has 0 bridgehead atoms. The highest BCUT2D eigenvalue weighted by atomic mass is 35.5. The Morgan fingerprint density at radius 1 is 1.19 bits per heavy atom. The van der Waals surface area contributed by atoms with Gasteiger partial charge in [-0.1, -0.05) is 23.7 Å². The van der Waals surface area contributed by atoms with E-state index >= 15 is 0 Å². The van der Waals surface area contributed by atoms with Gasteiger partial charge in [-0.3, -0.25) is 0 Å². The third kappa shape index (κ3) is 2.41. The molecule has 1 N–H and O–H groups in total. The summed E-state index contributed by atoms with van der Waals surface area (Å²) >= 11 is 5.75. The molecule has 3 aromatic rings. The Labute approximate surface area is 125 Å². The van der Waals surface area contributed by atoms with E-state index in [0.717, 1.165) is 6.26 Å². The Hall–Kier alpha value is -1.92. The van der Waals surface area contributed by atoms with Crippen LogP contribution in [0.2, 0.25) is 5.02 Å². The average molecular weight is 325 g/mol. The maximum atomic E-state index is 14.0. The number of fused-ring (bicyclic) bond motifs is 1. The van der Waals surface area contributed by atoms with E-state index in [1.807, 2.05) is 0 Å². The molecule has 0 saturated carbocycles. The van der Waals surface area contributed by atoms with Gasteiger partial charge in [0, 0.05) is 6.26 Å². The van der Waals surface area contributed by atoms with Gasteiger partial charge < -0.3 is 4.98 Å². The van der Waals surface area contributed by atoms with Crippen LogP contribution in [0.15, 0.2) is 41.3 Å². The molecule has 0 unspecified atom stereocenters. The molecule has 4 nitrogen and oxygen atoms in total. The zero-order valence-corrected chi connectivity index (χ0v) is 12.5. The second-order valence-corrected chi connectivity index (χ2v) is 7.00. The number of imidazole rings is 1. The van der Waals surface area contributed by atoms with E-state index in [2.05, 4.69) is 9.97 Å². The van der Waals surface area contributed by atoms with Gasteiger partial charge in [-0.15, -0.1) is 0 Å². The Morgan fingerprint density at radius 2 is 1.90 bits per heavy atom. The second-order valence-electron chi connectivity index (χ2n) is 4.61. The van der Waals surface area contributed by atoms with E-state index in [-0.39, 0.29) is 26.8 Å². The van der Waals surface area contributed by atoms with Crippen molar-refractivity contribution in [3.05, 3.63) is 47.2 Å². The maximum Gasteiger partial charge on any atom is 0.177 e. The monoisotopic (exact) mass is 324 g/mol. The van der Waals surface area contributed by atoms with Crippen molar-refractivity contribution in [2.24, 2.45) is 0 Å². The predicted molar refractivity (Wildman–Crippen MR) is 79.6 cm³/mol. The predicted octanol–water partition coefficient (Wildman–Crippen LogP) is 3.43. The number of benzene rings is 2. The number of sulfone groups is 1. The number of aromatic amines is 1. The molecule has 0 saturated heterocycles. The van der Waals surface area contributed by atoms with Gasteiger partial charge in [-0.05, 0) is 24.3 Å². The van der Waals surface area contributed by atoms with E-state index in [1.54, 1.807) is 18.2 Å². The van der Waals surface area contributed by atoms with Crippen LogP contribution >= 0.6 is 11.6 Å². The van der Waals surface area contributed by atoms with Crippen molar-refractivity contribution in [3.8, 4) is 11.4 Å². The maximum absolute atomic E-state index is 14.0. The summed E-state index contributed by atoms with van der Waals surface area (Å²) < 4.78 is 37.6. The number of nitrogens with one attached hydrogen (secondary N) is 1. The first-order valence-corrected chi connectivity index (χ1v) is 8.28. The molecule has 2 aromatic carbocycles. The fourth-order valence-corrected chi connectivity index (χ4v) is 3.13. The van der Waals surface area contributed by atoms with Gasteiger partial charge in [0.15, 0.2) is 15.7 Å². The van der Waals surface area contributed by atoms with Crippen LogP contribution in [0.5, 0.6) is 0 Å². The molecule has 108 valence electrons. The van der Waals surface area contributed by atoms with Crippen LogP contribution in [0.3, 0.4) is 0 Å². The molecule has 0 aliphatic heterocycles. The minimum Gasteiger partial charge on any atom is -0.338 e. The lowest BCUT2D eigenvalue weighted by Gasteiger charge is -2.00. The highest BCUT2D eigenvalue weighted by Gasteiger charge is 2.17. The summed E-state index contributed by atoms with van der Waals surface area (Å²) in [6, 6.07) is 9.32. The molecular weight excluding hydrogens is 315 g/mol. The van der Waals surface area contributed by atoms with Crippen molar-refractivity contribution in [2.75, 3.05) is 6.26 Å². The van der Waals surface area contributed by atoms with Gasteiger partial charge in [0.1, 0.15) is 11.3 Å². The number of nitrogens with zero attached hydrogens (tertiary/aromatic N) is 1. The minimum absolute atomic E-state index is 0.0173. The molecular formula is C14H10ClFN2O2S. The van der Waals surface area contributed by atoms with Crippen LogP contribution in [0, 0.1) is 5.82 Å². The molecule has 0 atom stereocenters. The van der Waals surface area contributed by atoms with Crippen LogP contribution < -0.4 is 0 Å². The summed E-state index contributed by atoms with van der Waals surface area (Å²) in [5.41, 5.74) is 1.000. The van der Waals surface area contributed by atoms with Gasteiger partial charge in [-0.25, -0.2) is 17.8 Å². The van der Waals surface area contributed by atoms with Crippen LogP contribution in [-0.2, 0) is 9.84 Å². The number of rotatable bonds is 2. The van der Waals surface area contributed by atoms with E-state index < -0.39 is 15.7 Å². The number of halogens is 2. The Balaban J connectivity index is 2.30. The largest absolute Gasteiger partial charge is 0.338 e. The number of H-pyrrole nitrogens is 1. The fourth-order valence-electron chi connectivity index (χ4n) is 2.12. The molecule has 21 heavy (non-hydrogen) atoms. The average Bonchev–Trinajstić information content (AvgIpc) is 2.84. The zero-order valence-electron chi connectivity index (χ0n) is 10.9. The normalized spacial score (nSPS) is 12.0. The number of hydrogen-bond donors (Lipinski definition) is 1. The number of aromatic nitrogens is 2. The van der Waals surface area contributed by atoms with Gasteiger partial charge >= 0.3 is 0 Å². The molecule has 0 fully saturated rings. The third-order valence-corrected chi connectivity index (χ3v) is 4.50. The summed E-state index contributed by atoms with van der Waals surface area (Å²) in [7, 11) is -3.42. The summed E-state index contributed by atoms with van der Waals surface area (Å²) in [5.74, 6) is -0.361. The SMILES string of the molecule is CS(=O)(=O)c1cccc2[nH]c(-c3cccc(Cl)c3F)nc12. The van der Waals surface area contributed by atoms with E-state index in [9.17, 15) is 12.8 Å². The lowest BCUT2D eigenvalue weighted by atomic mass is 10.2. The summed E-state index contributed by atoms with van der Waals surface area (Å²) in [4.78, 5) is 7.24. The lowest BCUT2D eigenvalue weighted by Crippen LogP contribution is -1.97. The van der Waals surface area contributed by atoms with Crippen molar-refractivity contribution in [1.29, 1.82) is 0 Å². The highest BCUT2D eigenvalue weighted by molar-refractivity contribution is 7.91. The van der Waals surface area contributed by atoms with Crippen LogP contribution in [0.25, 0.3) is 22.4 Å². The fraction of sp³-hybridized carbons (Fsp3) is 0.0714. The quantitative estimate of drug-likeness (QED) is 0.785. The molecule has 7 heteroatoms. The number of hydrogen-bond acceptors (Lipinski definition) is 3. The molecule has 1 heterocycles. The van der Waals surface area contributed by atoms with Crippen LogP contribution in [0.1, 0.15) is 0 Å². The smallest absolute Gasteiger partial charge is 0.177 e. The van der Waals surface area contributed by atoms with Crippen molar-refractivity contribution in [1.82, 2.24) is 9.97 Å². The van der Waals surface area contributed by atoms with Gasteiger partial charge in [0.05, 0.1) is 21.0 Å². The first kappa shape index (κ1) is 14.0. The van der Waals surface area contributed by atoms with Gasteiger partial charge in [0.2, 0.25) is 0 Å². The third-order valence-electron chi connectivity index (χ3n) is 3.08. The van der Waals surface area contributed by atoms with E-state index in [4.69, 9.17) is 11.6 Å². The van der Waals surface area contributed by atoms with Crippen molar-refractivity contribution >= 4 is 32.5 Å². The highest BCUT2D eigenvalue weighted by Crippen LogP contribution is 2.29. The van der Waals surface area contributed by atoms with Crippen molar-refractivity contribution in [2.45, 2.75) is 4.90 Å². The minimum atomic E-state index is -3.42. The Bertz CT molecular complexity index is 951. The van der Waals surface area contributed by atoms with E-state index in [0.29, 0.717) is 5.52 Å². The Kier molecular flexibility index (Phi) is 3.22. The summed E-state index contributed by atoms with van der Waals surface area (Å²) in [6.45, 7) is 0. The van der Waals surface area contributed by atoms with Crippen LogP contribution in [-0.4, -0.2) is 24.6 Å². The topological polar surface area (TPSA) is 62.8 Å². The molecule has 1 aromatic heterocycles. The number of para-hydroxylation sites is 1. The first-order chi connectivity index (χ1) is 9.88. The van der Waals surface area contributed by atoms with Crippen LogP contribution in [0.4, 0.5) is 4.39 Å². The standard InChI is InChI=1S/C14H10ClFN2O2S/c1-21(19,20)11-7-3-6-10-13(11)18-14(17-10)8-4-2-5-9(15)12(8)16/h2-7H,1H3,(H,17,18). The molecule has 0 aliphatic carbocycles. The molecule has 0 amide bonds. The first-order valence-electron chi connectivity index (χ1n) is 6.01. The summed E-state index contributed by atoms with van der Waals surface area (Å²) in [5, 5.41) is -0.0173. The summed E-state index contributed by atoms with van der Waals surface area (Å²) in [6.07, 6.45) is 1.11. The second kappa shape index (κ2) is 4.82.